The van der Waals surface area contributed by atoms with Crippen molar-refractivity contribution in [3.8, 4) is 6.07 Å². The molecule has 0 aromatic heterocycles. The van der Waals surface area contributed by atoms with Gasteiger partial charge in [-0.05, 0) is 26.2 Å². The molecule has 0 rings (SSSR count). The summed E-state index contributed by atoms with van der Waals surface area (Å²) in [4.78, 5) is 0. The van der Waals surface area contributed by atoms with Crippen molar-refractivity contribution >= 4 is 10.1 Å². The van der Waals surface area contributed by atoms with Gasteiger partial charge in [-0.1, -0.05) is 40.0 Å². The molecule has 0 radical (unpaired) electrons. The SMILES string of the molecule is CC#N.CCCC[N+](CC)(CCCC)CCCC.CS(=O)(=O)O. The van der Waals surface area contributed by atoms with Gasteiger partial charge in [0.2, 0.25) is 0 Å². The van der Waals surface area contributed by atoms with Crippen LogP contribution in [-0.4, -0.2) is 49.9 Å². The molecule has 0 aliphatic rings. The number of hydrogen-bond donors (Lipinski definition) is 1. The first-order valence-electron chi connectivity index (χ1n) is 8.74. The van der Waals surface area contributed by atoms with Crippen LogP contribution < -0.4 is 0 Å². The van der Waals surface area contributed by atoms with Crippen molar-refractivity contribution in [1.82, 2.24) is 0 Å². The predicted octanol–water partition coefficient (Wildman–Crippen LogP) is 4.26. The molecule has 0 saturated heterocycles. The number of nitriles is 1. The molecule has 0 heterocycles. The smallest absolute Gasteiger partial charge is 0.261 e. The molecule has 23 heavy (non-hydrogen) atoms. The summed E-state index contributed by atoms with van der Waals surface area (Å²) < 4.78 is 27.3. The third kappa shape index (κ3) is 26.6. The Bertz CT molecular complexity index is 346. The Morgan fingerprint density at radius 1 is 0.913 bits per heavy atom. The molecule has 0 amide bonds. The molecule has 0 atom stereocenters. The van der Waals surface area contributed by atoms with E-state index in [2.05, 4.69) is 27.7 Å². The Kier molecular flexibility index (Phi) is 21.0. The predicted molar refractivity (Wildman–Crippen MR) is 98.9 cm³/mol. The highest BCUT2D eigenvalue weighted by molar-refractivity contribution is 7.85. The van der Waals surface area contributed by atoms with E-state index in [1.54, 1.807) is 6.07 Å². The highest BCUT2D eigenvalue weighted by atomic mass is 32.2. The van der Waals surface area contributed by atoms with Crippen LogP contribution in [0.2, 0.25) is 0 Å². The maximum atomic E-state index is 9.19. The Balaban J connectivity index is -0.000000414. The van der Waals surface area contributed by atoms with E-state index in [4.69, 9.17) is 9.81 Å². The minimum atomic E-state index is -3.67. The maximum absolute atomic E-state index is 9.19. The van der Waals surface area contributed by atoms with Crippen LogP contribution in [0.15, 0.2) is 0 Å². The van der Waals surface area contributed by atoms with Crippen molar-refractivity contribution in [2.45, 2.75) is 73.1 Å². The summed E-state index contributed by atoms with van der Waals surface area (Å²) in [5, 5.41) is 7.32. The second-order valence-corrected chi connectivity index (χ2v) is 7.31. The standard InChI is InChI=1S/C14H32N.C2H3N.CH4O3S/c1-5-9-12-15(8-4,13-10-6-2)14-11-7-3;1-2-3;1-5(2,3)4/h5-14H2,1-4H3;1H3;1H3,(H,2,3,4)/q+1;;. The first-order chi connectivity index (χ1) is 10.7. The quantitative estimate of drug-likeness (QED) is 0.471. The molecule has 0 saturated carbocycles. The van der Waals surface area contributed by atoms with Gasteiger partial charge in [-0.2, -0.15) is 13.7 Å². The van der Waals surface area contributed by atoms with Crippen molar-refractivity contribution in [2.75, 3.05) is 32.4 Å². The Morgan fingerprint density at radius 2 is 1.13 bits per heavy atom. The summed E-state index contributed by atoms with van der Waals surface area (Å²) in [6.07, 6.45) is 8.96. The van der Waals surface area contributed by atoms with Crippen LogP contribution in [0.5, 0.6) is 0 Å². The monoisotopic (exact) mass is 351 g/mol. The second kappa shape index (κ2) is 17.7. The zero-order chi connectivity index (χ0) is 18.8. The van der Waals surface area contributed by atoms with Gasteiger partial charge < -0.3 is 4.48 Å². The number of quaternary nitrogens is 1. The van der Waals surface area contributed by atoms with Gasteiger partial charge in [0.15, 0.2) is 0 Å². The highest BCUT2D eigenvalue weighted by Gasteiger charge is 2.22. The number of nitrogens with zero attached hydrogens (tertiary/aromatic N) is 2. The fourth-order valence-electron chi connectivity index (χ4n) is 2.29. The highest BCUT2D eigenvalue weighted by Crippen LogP contribution is 2.14. The molecule has 5 nitrogen and oxygen atoms in total. The van der Waals surface area contributed by atoms with Gasteiger partial charge in [-0.3, -0.25) is 4.55 Å². The van der Waals surface area contributed by atoms with Crippen molar-refractivity contribution in [1.29, 1.82) is 5.26 Å². The second-order valence-electron chi connectivity index (χ2n) is 5.85. The summed E-state index contributed by atoms with van der Waals surface area (Å²) in [6.45, 7) is 16.3. The molecule has 1 N–H and O–H groups in total. The van der Waals surface area contributed by atoms with Crippen LogP contribution in [0.4, 0.5) is 0 Å². The van der Waals surface area contributed by atoms with Crippen LogP contribution in [0.1, 0.15) is 73.1 Å². The fraction of sp³-hybridized carbons (Fsp3) is 0.941. The van der Waals surface area contributed by atoms with E-state index in [9.17, 15) is 8.42 Å². The number of rotatable bonds is 10. The first-order valence-corrected chi connectivity index (χ1v) is 10.6. The van der Waals surface area contributed by atoms with Crippen molar-refractivity contribution < 1.29 is 17.5 Å². The molecule has 0 unspecified atom stereocenters. The van der Waals surface area contributed by atoms with Crippen LogP contribution in [0.25, 0.3) is 0 Å². The zero-order valence-electron chi connectivity index (χ0n) is 16.1. The van der Waals surface area contributed by atoms with Crippen LogP contribution in [0, 0.1) is 11.3 Å². The third-order valence-electron chi connectivity index (χ3n) is 3.63. The lowest BCUT2D eigenvalue weighted by Crippen LogP contribution is -2.49. The minimum Gasteiger partial charge on any atom is -0.324 e. The van der Waals surface area contributed by atoms with Crippen molar-refractivity contribution in [3.63, 3.8) is 0 Å². The molecule has 0 spiro atoms. The average Bonchev–Trinajstić information content (AvgIpc) is 2.46. The van der Waals surface area contributed by atoms with Gasteiger partial charge in [0.1, 0.15) is 0 Å². The fourth-order valence-corrected chi connectivity index (χ4v) is 2.29. The first kappa shape index (κ1) is 27.2. The largest absolute Gasteiger partial charge is 0.324 e. The van der Waals surface area contributed by atoms with E-state index < -0.39 is 10.1 Å². The van der Waals surface area contributed by atoms with E-state index in [-0.39, 0.29) is 0 Å². The van der Waals surface area contributed by atoms with E-state index in [0.29, 0.717) is 6.26 Å². The van der Waals surface area contributed by atoms with Gasteiger partial charge >= 0.3 is 0 Å². The topological polar surface area (TPSA) is 78.2 Å². The lowest BCUT2D eigenvalue weighted by Gasteiger charge is -2.38. The van der Waals surface area contributed by atoms with Gasteiger partial charge in [0, 0.05) is 6.92 Å². The zero-order valence-corrected chi connectivity index (χ0v) is 17.0. The number of unbranched alkanes of at least 4 members (excludes halogenated alkanes) is 3. The maximum Gasteiger partial charge on any atom is 0.261 e. The molecule has 0 aromatic rings. The Labute approximate surface area is 145 Å². The minimum absolute atomic E-state index is 0.715. The lowest BCUT2D eigenvalue weighted by molar-refractivity contribution is -0.927. The summed E-state index contributed by atoms with van der Waals surface area (Å²) in [7, 11) is -3.67. The normalized spacial score (nSPS) is 10.7. The summed E-state index contributed by atoms with van der Waals surface area (Å²) in [5.41, 5.74) is 0. The molecule has 0 aromatic carbocycles. The summed E-state index contributed by atoms with van der Waals surface area (Å²) in [5.74, 6) is 0. The Hall–Kier alpha value is -0.640. The molecule has 0 bridgehead atoms. The van der Waals surface area contributed by atoms with Crippen LogP contribution >= 0.6 is 0 Å². The molecule has 0 aliphatic carbocycles. The van der Waals surface area contributed by atoms with E-state index >= 15 is 0 Å². The summed E-state index contributed by atoms with van der Waals surface area (Å²) in [6, 6.07) is 1.75. The molecule has 6 heteroatoms. The van der Waals surface area contributed by atoms with Crippen LogP contribution in [-0.2, 0) is 10.1 Å². The summed E-state index contributed by atoms with van der Waals surface area (Å²) >= 11 is 0. The van der Waals surface area contributed by atoms with Gasteiger partial charge in [-0.15, -0.1) is 0 Å². The lowest BCUT2D eigenvalue weighted by atomic mass is 10.1. The van der Waals surface area contributed by atoms with Crippen molar-refractivity contribution in [3.05, 3.63) is 0 Å². The molecule has 0 fully saturated rings. The molecular formula is C17H39N2O3S+. The third-order valence-corrected chi connectivity index (χ3v) is 3.63. The van der Waals surface area contributed by atoms with Crippen molar-refractivity contribution in [2.24, 2.45) is 0 Å². The van der Waals surface area contributed by atoms with Gasteiger partial charge in [0.25, 0.3) is 10.1 Å². The van der Waals surface area contributed by atoms with E-state index in [0.717, 1.165) is 0 Å². The average molecular weight is 352 g/mol. The molecule has 140 valence electrons. The molecule has 0 aliphatic heterocycles. The van der Waals surface area contributed by atoms with E-state index in [1.165, 1.54) is 76.1 Å². The van der Waals surface area contributed by atoms with E-state index in [1.807, 2.05) is 0 Å². The Morgan fingerprint density at radius 3 is 1.26 bits per heavy atom. The van der Waals surface area contributed by atoms with Gasteiger partial charge in [0.05, 0.1) is 38.5 Å². The molecular weight excluding hydrogens is 312 g/mol. The van der Waals surface area contributed by atoms with Crippen LogP contribution in [0.3, 0.4) is 0 Å². The van der Waals surface area contributed by atoms with Gasteiger partial charge in [-0.25, -0.2) is 0 Å². The number of hydrogen-bond acceptors (Lipinski definition) is 3.